The lowest BCUT2D eigenvalue weighted by Crippen LogP contribution is -2.41. The molecule has 0 unspecified atom stereocenters. The molecule has 3 N–H and O–H groups in total. The smallest absolute Gasteiger partial charge is 0.325 e. The Balaban J connectivity index is 3.17. The minimum atomic E-state index is -0.920. The van der Waals surface area contributed by atoms with Crippen molar-refractivity contribution in [1.82, 2.24) is 0 Å². The lowest BCUT2D eigenvalue weighted by molar-refractivity contribution is -0.147. The summed E-state index contributed by atoms with van der Waals surface area (Å²) in [5, 5.41) is 9.19. The first-order valence-electron chi connectivity index (χ1n) is 10.2. The van der Waals surface area contributed by atoms with Crippen LogP contribution in [0.5, 0.6) is 0 Å². The predicted octanol–water partition coefficient (Wildman–Crippen LogP) is 4.72. The zero-order chi connectivity index (χ0) is 18.0. The molecule has 0 spiro atoms. The predicted molar refractivity (Wildman–Crippen MR) is 101 cm³/mol. The molecular weight excluding hydrogens is 302 g/mol. The summed E-state index contributed by atoms with van der Waals surface area (Å²) in [6.45, 7) is 4.18. The molecule has 0 amide bonds. The molecule has 0 aromatic carbocycles. The third-order valence-electron chi connectivity index (χ3n) is 4.53. The van der Waals surface area contributed by atoms with Gasteiger partial charge in [-0.25, -0.2) is 0 Å². The second kappa shape index (κ2) is 17.2. The van der Waals surface area contributed by atoms with Crippen molar-refractivity contribution < 1.29 is 14.6 Å². The zero-order valence-electron chi connectivity index (χ0n) is 16.1. The Morgan fingerprint density at radius 1 is 0.833 bits per heavy atom. The van der Waals surface area contributed by atoms with Crippen molar-refractivity contribution in [3.8, 4) is 0 Å². The van der Waals surface area contributed by atoms with Gasteiger partial charge in [-0.05, 0) is 13.3 Å². The summed E-state index contributed by atoms with van der Waals surface area (Å²) in [5.74, 6) is -0.500. The molecule has 0 saturated carbocycles. The number of esters is 1. The van der Waals surface area contributed by atoms with Crippen molar-refractivity contribution in [2.75, 3.05) is 6.61 Å². The molecule has 4 heteroatoms. The molecule has 2 atom stereocenters. The maximum absolute atomic E-state index is 11.4. The van der Waals surface area contributed by atoms with Crippen LogP contribution in [-0.4, -0.2) is 29.8 Å². The van der Waals surface area contributed by atoms with Crippen LogP contribution < -0.4 is 5.73 Å². The number of unbranched alkanes of at least 4 members (excludes halogenated alkanes) is 13. The number of hydrogen-bond donors (Lipinski definition) is 2. The van der Waals surface area contributed by atoms with E-state index in [1.807, 2.05) is 0 Å². The van der Waals surface area contributed by atoms with E-state index in [4.69, 9.17) is 10.5 Å². The maximum Gasteiger partial charge on any atom is 0.325 e. The largest absolute Gasteiger partial charge is 0.464 e. The van der Waals surface area contributed by atoms with E-state index in [0.29, 0.717) is 6.61 Å². The number of carbonyl (C=O) groups excluding carboxylic acids is 1. The molecule has 0 bridgehead atoms. The van der Waals surface area contributed by atoms with E-state index in [2.05, 4.69) is 6.92 Å². The fourth-order valence-corrected chi connectivity index (χ4v) is 2.76. The number of carbonyl (C=O) groups is 1. The van der Waals surface area contributed by atoms with E-state index in [9.17, 15) is 9.90 Å². The lowest BCUT2D eigenvalue weighted by atomic mass is 10.0. The van der Waals surface area contributed by atoms with E-state index in [1.54, 1.807) is 0 Å². The number of aliphatic hydroxyl groups is 1. The minimum Gasteiger partial charge on any atom is -0.464 e. The van der Waals surface area contributed by atoms with Crippen LogP contribution in [-0.2, 0) is 9.53 Å². The van der Waals surface area contributed by atoms with Crippen molar-refractivity contribution in [3.05, 3.63) is 0 Å². The number of nitrogens with two attached hydrogens (primary N) is 1. The van der Waals surface area contributed by atoms with Crippen LogP contribution in [0.3, 0.4) is 0 Å². The molecule has 0 saturated heterocycles. The maximum atomic E-state index is 11.4. The summed E-state index contributed by atoms with van der Waals surface area (Å²) in [6, 6.07) is -0.920. The number of aliphatic hydroxyl groups excluding tert-OH is 1. The zero-order valence-corrected chi connectivity index (χ0v) is 16.1. The Morgan fingerprint density at radius 3 is 1.58 bits per heavy atom. The van der Waals surface area contributed by atoms with Gasteiger partial charge in [-0.3, -0.25) is 4.79 Å². The molecule has 0 aromatic heterocycles. The summed E-state index contributed by atoms with van der Waals surface area (Å²) in [4.78, 5) is 11.4. The SMILES string of the molecule is CCCCCCCCCCCCCCCCOC(=O)[C@@H](N)[C@@H](C)O. The molecule has 0 fully saturated rings. The number of rotatable bonds is 17. The molecule has 0 heterocycles. The van der Waals surface area contributed by atoms with E-state index in [1.165, 1.54) is 84.0 Å². The van der Waals surface area contributed by atoms with Crippen LogP contribution in [0.25, 0.3) is 0 Å². The molecule has 0 radical (unpaired) electrons. The van der Waals surface area contributed by atoms with E-state index in [0.717, 1.165) is 12.8 Å². The highest BCUT2D eigenvalue weighted by molar-refractivity contribution is 5.76. The molecule has 0 aliphatic rings. The topological polar surface area (TPSA) is 72.5 Å². The monoisotopic (exact) mass is 343 g/mol. The Labute approximate surface area is 149 Å². The van der Waals surface area contributed by atoms with Crippen LogP contribution in [0, 0.1) is 0 Å². The van der Waals surface area contributed by atoms with Crippen LogP contribution in [0.1, 0.15) is 104 Å². The number of ether oxygens (including phenoxy) is 1. The van der Waals surface area contributed by atoms with Gasteiger partial charge >= 0.3 is 5.97 Å². The van der Waals surface area contributed by atoms with Gasteiger partial charge in [0, 0.05) is 0 Å². The van der Waals surface area contributed by atoms with Gasteiger partial charge in [-0.2, -0.15) is 0 Å². The molecule has 4 nitrogen and oxygen atoms in total. The van der Waals surface area contributed by atoms with Gasteiger partial charge in [0.15, 0.2) is 0 Å². The van der Waals surface area contributed by atoms with Gasteiger partial charge in [0.05, 0.1) is 12.7 Å². The van der Waals surface area contributed by atoms with Crippen LogP contribution in [0.15, 0.2) is 0 Å². The third-order valence-corrected chi connectivity index (χ3v) is 4.53. The molecule has 0 aliphatic carbocycles. The van der Waals surface area contributed by atoms with Crippen molar-refractivity contribution >= 4 is 5.97 Å². The Hall–Kier alpha value is -0.610. The minimum absolute atomic E-state index is 0.414. The van der Waals surface area contributed by atoms with Crippen molar-refractivity contribution in [3.63, 3.8) is 0 Å². The average molecular weight is 344 g/mol. The van der Waals surface area contributed by atoms with Crippen LogP contribution in [0.2, 0.25) is 0 Å². The normalized spacial score (nSPS) is 13.7. The van der Waals surface area contributed by atoms with Gasteiger partial charge in [0.1, 0.15) is 6.04 Å². The Bertz CT molecular complexity index is 282. The molecule has 0 aromatic rings. The lowest BCUT2D eigenvalue weighted by Gasteiger charge is -2.13. The fourth-order valence-electron chi connectivity index (χ4n) is 2.76. The standard InChI is InChI=1S/C20H41NO3/c1-3-4-5-6-7-8-9-10-11-12-13-14-15-16-17-24-20(23)19(21)18(2)22/h18-19,22H,3-17,21H2,1-2H3/t18-,19+/m1/s1. The fraction of sp³-hybridized carbons (Fsp3) is 0.950. The quantitative estimate of drug-likeness (QED) is 0.296. The average Bonchev–Trinajstić information content (AvgIpc) is 2.57. The summed E-state index contributed by atoms with van der Waals surface area (Å²) in [5.41, 5.74) is 5.50. The second-order valence-corrected chi connectivity index (χ2v) is 7.03. The van der Waals surface area contributed by atoms with Crippen molar-refractivity contribution in [2.24, 2.45) is 5.73 Å². The summed E-state index contributed by atoms with van der Waals surface area (Å²) >= 11 is 0. The highest BCUT2D eigenvalue weighted by atomic mass is 16.5. The summed E-state index contributed by atoms with van der Waals surface area (Å²) in [7, 11) is 0. The highest BCUT2D eigenvalue weighted by Crippen LogP contribution is 2.13. The van der Waals surface area contributed by atoms with Crippen LogP contribution in [0.4, 0.5) is 0 Å². The molecule has 144 valence electrons. The first-order chi connectivity index (χ1) is 11.6. The molecule has 0 aliphatic heterocycles. The van der Waals surface area contributed by atoms with Crippen molar-refractivity contribution in [1.29, 1.82) is 0 Å². The highest BCUT2D eigenvalue weighted by Gasteiger charge is 2.19. The van der Waals surface area contributed by atoms with E-state index in [-0.39, 0.29) is 0 Å². The molecular formula is C20H41NO3. The van der Waals surface area contributed by atoms with E-state index >= 15 is 0 Å². The third kappa shape index (κ3) is 14.9. The van der Waals surface area contributed by atoms with Crippen molar-refractivity contribution in [2.45, 2.75) is 116 Å². The van der Waals surface area contributed by atoms with Gasteiger partial charge in [0.2, 0.25) is 0 Å². The first-order valence-corrected chi connectivity index (χ1v) is 10.2. The van der Waals surface area contributed by atoms with Gasteiger partial charge in [-0.1, -0.05) is 90.4 Å². The van der Waals surface area contributed by atoms with E-state index < -0.39 is 18.1 Å². The Kier molecular flexibility index (Phi) is 16.8. The Morgan fingerprint density at radius 2 is 1.21 bits per heavy atom. The summed E-state index contributed by atoms with van der Waals surface area (Å²) < 4.78 is 5.05. The van der Waals surface area contributed by atoms with Gasteiger partial charge in [0.25, 0.3) is 0 Å². The number of hydrogen-bond acceptors (Lipinski definition) is 4. The van der Waals surface area contributed by atoms with Crippen LogP contribution >= 0.6 is 0 Å². The van der Waals surface area contributed by atoms with Gasteiger partial charge in [-0.15, -0.1) is 0 Å². The first kappa shape index (κ1) is 23.4. The van der Waals surface area contributed by atoms with Gasteiger partial charge < -0.3 is 15.6 Å². The molecule has 0 rings (SSSR count). The molecule has 24 heavy (non-hydrogen) atoms. The summed E-state index contributed by atoms with van der Waals surface area (Å²) in [6.07, 6.45) is 17.4. The second-order valence-electron chi connectivity index (χ2n) is 7.03.